The minimum Gasteiger partial charge on any atom is -0.497 e. The molecule has 2 rings (SSSR count). The van der Waals surface area contributed by atoms with E-state index in [1.807, 2.05) is 0 Å². The predicted octanol–water partition coefficient (Wildman–Crippen LogP) is 2.70. The van der Waals surface area contributed by atoms with Crippen LogP contribution in [0.2, 0.25) is 0 Å². The summed E-state index contributed by atoms with van der Waals surface area (Å²) < 4.78 is 33.2. The van der Waals surface area contributed by atoms with Gasteiger partial charge in [0.15, 0.2) is 0 Å². The predicted molar refractivity (Wildman–Crippen MR) is 82.4 cm³/mol. The molecule has 0 spiro atoms. The lowest BCUT2D eigenvalue weighted by Crippen LogP contribution is -2.30. The van der Waals surface area contributed by atoms with Crippen molar-refractivity contribution in [2.45, 2.75) is 0 Å². The number of amides is 1. The van der Waals surface area contributed by atoms with Crippen molar-refractivity contribution in [2.24, 2.45) is 0 Å². The molecule has 0 bridgehead atoms. The number of aliphatic hydroxyl groups is 1. The van der Waals surface area contributed by atoms with E-state index in [1.165, 1.54) is 43.3 Å². The van der Waals surface area contributed by atoms with Crippen LogP contribution in [-0.4, -0.2) is 43.2 Å². The highest BCUT2D eigenvalue weighted by molar-refractivity contribution is 5.94. The lowest BCUT2D eigenvalue weighted by atomic mass is 10.0. The molecule has 0 aliphatic carbocycles. The van der Waals surface area contributed by atoms with Gasteiger partial charge in [0.2, 0.25) is 0 Å². The second kappa shape index (κ2) is 7.19. The molecule has 4 nitrogen and oxygen atoms in total. The van der Waals surface area contributed by atoms with Gasteiger partial charge in [0, 0.05) is 25.2 Å². The second-order valence-electron chi connectivity index (χ2n) is 4.99. The van der Waals surface area contributed by atoms with Crippen molar-refractivity contribution >= 4 is 5.91 Å². The third-order valence-electron chi connectivity index (χ3n) is 3.47. The smallest absolute Gasteiger partial charge is 0.256 e. The highest BCUT2D eigenvalue weighted by Crippen LogP contribution is 2.27. The Morgan fingerprint density at radius 2 is 1.91 bits per heavy atom. The molecule has 1 amide bonds. The van der Waals surface area contributed by atoms with Crippen molar-refractivity contribution in [1.29, 1.82) is 0 Å². The maximum absolute atomic E-state index is 14.2. The van der Waals surface area contributed by atoms with Crippen molar-refractivity contribution < 1.29 is 23.4 Å². The second-order valence-corrected chi connectivity index (χ2v) is 4.99. The lowest BCUT2D eigenvalue weighted by Gasteiger charge is -2.16. The summed E-state index contributed by atoms with van der Waals surface area (Å²) in [5, 5.41) is 8.83. The lowest BCUT2D eigenvalue weighted by molar-refractivity contribution is 0.0762. The highest BCUT2D eigenvalue weighted by Gasteiger charge is 2.17. The monoisotopic (exact) mass is 321 g/mol. The van der Waals surface area contributed by atoms with E-state index in [1.54, 1.807) is 6.07 Å². The van der Waals surface area contributed by atoms with E-state index in [0.717, 1.165) is 6.07 Å². The number of halogens is 2. The van der Waals surface area contributed by atoms with Crippen LogP contribution in [0.4, 0.5) is 8.78 Å². The Bertz CT molecular complexity index is 719. The molecule has 0 atom stereocenters. The van der Waals surface area contributed by atoms with Gasteiger partial charge in [-0.1, -0.05) is 6.07 Å². The topological polar surface area (TPSA) is 49.8 Å². The van der Waals surface area contributed by atoms with Crippen LogP contribution >= 0.6 is 0 Å². The van der Waals surface area contributed by atoms with Gasteiger partial charge in [-0.2, -0.15) is 0 Å². The normalized spacial score (nSPS) is 10.5. The fourth-order valence-corrected chi connectivity index (χ4v) is 2.17. The molecular formula is C17H17F2NO3. The first-order valence-electron chi connectivity index (χ1n) is 6.97. The van der Waals surface area contributed by atoms with Crippen molar-refractivity contribution in [1.82, 2.24) is 4.90 Å². The molecule has 0 heterocycles. The molecule has 0 aliphatic rings. The molecule has 23 heavy (non-hydrogen) atoms. The summed E-state index contributed by atoms with van der Waals surface area (Å²) in [7, 11) is 2.90. The van der Waals surface area contributed by atoms with E-state index in [0.29, 0.717) is 11.3 Å². The van der Waals surface area contributed by atoms with E-state index < -0.39 is 17.5 Å². The van der Waals surface area contributed by atoms with Gasteiger partial charge in [-0.25, -0.2) is 8.78 Å². The molecule has 122 valence electrons. The van der Waals surface area contributed by atoms with Gasteiger partial charge in [-0.05, 0) is 29.8 Å². The SMILES string of the molecule is COc1ccc(-c2ccc(C(=O)N(C)CCO)c(F)c2)c(F)c1. The maximum atomic E-state index is 14.2. The number of methoxy groups -OCH3 is 1. The first-order valence-corrected chi connectivity index (χ1v) is 6.97. The maximum Gasteiger partial charge on any atom is 0.256 e. The zero-order chi connectivity index (χ0) is 17.0. The van der Waals surface area contributed by atoms with Gasteiger partial charge < -0.3 is 14.7 Å². The van der Waals surface area contributed by atoms with Crippen molar-refractivity contribution in [2.75, 3.05) is 27.3 Å². The van der Waals surface area contributed by atoms with Gasteiger partial charge in [-0.3, -0.25) is 4.79 Å². The molecule has 0 saturated carbocycles. The summed E-state index contributed by atoms with van der Waals surface area (Å²) in [6, 6.07) is 8.18. The number of carbonyl (C=O) groups excluding carboxylic acids is 1. The van der Waals surface area contributed by atoms with Gasteiger partial charge >= 0.3 is 0 Å². The van der Waals surface area contributed by atoms with Crippen LogP contribution in [-0.2, 0) is 0 Å². The number of nitrogens with zero attached hydrogens (tertiary/aromatic N) is 1. The van der Waals surface area contributed by atoms with Crippen LogP contribution in [0.1, 0.15) is 10.4 Å². The zero-order valence-electron chi connectivity index (χ0n) is 12.8. The van der Waals surface area contributed by atoms with Crippen molar-refractivity contribution in [3.05, 3.63) is 53.6 Å². The molecule has 0 aromatic heterocycles. The molecule has 0 unspecified atom stereocenters. The number of hydrogen-bond donors (Lipinski definition) is 1. The Morgan fingerprint density at radius 3 is 2.48 bits per heavy atom. The van der Waals surface area contributed by atoms with Gasteiger partial charge in [0.25, 0.3) is 5.91 Å². The van der Waals surface area contributed by atoms with Crippen LogP contribution in [0.25, 0.3) is 11.1 Å². The van der Waals surface area contributed by atoms with E-state index in [2.05, 4.69) is 0 Å². The number of rotatable bonds is 5. The Kier molecular flexibility index (Phi) is 5.28. The fourth-order valence-electron chi connectivity index (χ4n) is 2.17. The Labute approximate surface area is 132 Å². The van der Waals surface area contributed by atoms with E-state index >= 15 is 0 Å². The fraction of sp³-hybridized carbons (Fsp3) is 0.235. The van der Waals surface area contributed by atoms with E-state index in [9.17, 15) is 13.6 Å². The Morgan fingerprint density at radius 1 is 1.17 bits per heavy atom. The van der Waals surface area contributed by atoms with Crippen LogP contribution in [0.15, 0.2) is 36.4 Å². The molecule has 2 aromatic rings. The molecule has 1 N–H and O–H groups in total. The molecule has 0 fully saturated rings. The summed E-state index contributed by atoms with van der Waals surface area (Å²) in [4.78, 5) is 13.3. The molecule has 6 heteroatoms. The Balaban J connectivity index is 2.34. The van der Waals surface area contributed by atoms with Gasteiger partial charge in [-0.15, -0.1) is 0 Å². The van der Waals surface area contributed by atoms with Crippen LogP contribution in [0.3, 0.4) is 0 Å². The van der Waals surface area contributed by atoms with Crippen molar-refractivity contribution in [3.63, 3.8) is 0 Å². The number of benzene rings is 2. The number of carbonyl (C=O) groups is 1. The standard InChI is InChI=1S/C17H17F2NO3/c1-20(7-8-21)17(22)14-5-3-11(9-15(14)18)13-6-4-12(23-2)10-16(13)19/h3-6,9-10,21H,7-8H2,1-2H3. The van der Waals surface area contributed by atoms with Crippen LogP contribution in [0, 0.1) is 11.6 Å². The molecule has 0 radical (unpaired) electrons. The number of ether oxygens (including phenoxy) is 1. The average Bonchev–Trinajstić information content (AvgIpc) is 2.54. The summed E-state index contributed by atoms with van der Waals surface area (Å²) in [5.74, 6) is -1.46. The van der Waals surface area contributed by atoms with Crippen molar-refractivity contribution in [3.8, 4) is 16.9 Å². The number of hydrogen-bond acceptors (Lipinski definition) is 3. The van der Waals surface area contributed by atoms with Gasteiger partial charge in [0.1, 0.15) is 17.4 Å². The highest BCUT2D eigenvalue weighted by atomic mass is 19.1. The molecule has 0 aliphatic heterocycles. The first-order chi connectivity index (χ1) is 11.0. The summed E-state index contributed by atoms with van der Waals surface area (Å²) in [6.45, 7) is -0.105. The zero-order valence-corrected chi connectivity index (χ0v) is 12.8. The quantitative estimate of drug-likeness (QED) is 0.921. The summed E-state index contributed by atoms with van der Waals surface area (Å²) in [6.07, 6.45) is 0. The third kappa shape index (κ3) is 3.65. The summed E-state index contributed by atoms with van der Waals surface area (Å²) in [5.41, 5.74) is 0.412. The number of aliphatic hydroxyl groups excluding tert-OH is 1. The van der Waals surface area contributed by atoms with Crippen LogP contribution in [0.5, 0.6) is 5.75 Å². The molecular weight excluding hydrogens is 304 g/mol. The van der Waals surface area contributed by atoms with E-state index in [-0.39, 0.29) is 24.3 Å². The largest absolute Gasteiger partial charge is 0.497 e. The number of likely N-dealkylation sites (N-methyl/N-ethyl adjacent to an activating group) is 1. The summed E-state index contributed by atoms with van der Waals surface area (Å²) >= 11 is 0. The third-order valence-corrected chi connectivity index (χ3v) is 3.47. The molecule has 2 aromatic carbocycles. The van der Waals surface area contributed by atoms with Gasteiger partial charge in [0.05, 0.1) is 19.3 Å². The van der Waals surface area contributed by atoms with E-state index in [4.69, 9.17) is 9.84 Å². The van der Waals surface area contributed by atoms with Crippen LogP contribution < -0.4 is 4.74 Å². The molecule has 0 saturated heterocycles. The average molecular weight is 321 g/mol. The minimum atomic E-state index is -0.743. The Hall–Kier alpha value is -2.47. The minimum absolute atomic E-state index is 0.104. The first kappa shape index (κ1) is 16.9.